The number of hydrazone groups is 1. The number of nitrogens with zero attached hydrogens (tertiary/aromatic N) is 2. The van der Waals surface area contributed by atoms with Crippen LogP contribution in [0.2, 0.25) is 0 Å². The van der Waals surface area contributed by atoms with Crippen molar-refractivity contribution in [2.24, 2.45) is 40.6 Å². The van der Waals surface area contributed by atoms with E-state index < -0.39 is 0 Å². The molecule has 2 aromatic carbocycles. The summed E-state index contributed by atoms with van der Waals surface area (Å²) >= 11 is 3.44. The molecule has 1 aliphatic heterocycles. The lowest BCUT2D eigenvalue weighted by molar-refractivity contribution is -0.140. The zero-order chi connectivity index (χ0) is 23.4. The molecule has 3 fully saturated rings. The summed E-state index contributed by atoms with van der Waals surface area (Å²) in [5.41, 5.74) is 1.78. The van der Waals surface area contributed by atoms with Crippen molar-refractivity contribution >= 4 is 34.0 Å². The number of amides is 2. The lowest BCUT2D eigenvalue weighted by Crippen LogP contribution is -2.40. The van der Waals surface area contributed by atoms with Crippen LogP contribution in [0.3, 0.4) is 0 Å². The van der Waals surface area contributed by atoms with Crippen LogP contribution in [0.1, 0.15) is 24.5 Å². The minimum Gasteiger partial charge on any atom is -0.490 e. The van der Waals surface area contributed by atoms with Gasteiger partial charge in [0.15, 0.2) is 11.5 Å². The molecule has 1 heterocycles. The molecule has 6 nitrogen and oxygen atoms in total. The summed E-state index contributed by atoms with van der Waals surface area (Å²) in [5, 5.41) is 5.43. The molecule has 0 N–H and O–H groups in total. The fourth-order valence-corrected chi connectivity index (χ4v) is 6.18. The Morgan fingerprint density at radius 3 is 2.29 bits per heavy atom. The number of halogens is 1. The highest BCUT2D eigenvalue weighted by Crippen LogP contribution is 2.65. The Bertz CT molecular complexity index is 1170. The van der Waals surface area contributed by atoms with Crippen LogP contribution in [-0.2, 0) is 16.2 Å². The van der Waals surface area contributed by atoms with Crippen molar-refractivity contribution in [3.8, 4) is 11.5 Å². The monoisotopic (exact) mass is 520 g/mol. The van der Waals surface area contributed by atoms with E-state index >= 15 is 0 Å². The molecule has 2 amide bonds. The van der Waals surface area contributed by atoms with Gasteiger partial charge in [0.2, 0.25) is 0 Å². The molecule has 7 rings (SSSR count). The van der Waals surface area contributed by atoms with Crippen LogP contribution < -0.4 is 9.47 Å². The minimum atomic E-state index is -0.239. The molecule has 4 aliphatic carbocycles. The van der Waals surface area contributed by atoms with E-state index in [-0.39, 0.29) is 35.5 Å². The highest BCUT2D eigenvalue weighted by molar-refractivity contribution is 9.10. The van der Waals surface area contributed by atoms with Crippen LogP contribution >= 0.6 is 15.9 Å². The third kappa shape index (κ3) is 3.57. The number of imide groups is 1. The summed E-state index contributed by atoms with van der Waals surface area (Å²) in [6.45, 7) is 2.81. The van der Waals surface area contributed by atoms with Crippen molar-refractivity contribution in [3.63, 3.8) is 0 Å². The van der Waals surface area contributed by atoms with Gasteiger partial charge in [0, 0.05) is 4.47 Å². The SMILES string of the molecule is CCOc1cc(/C=N\N2C(=O)[C@@H]3[C@H]4C=C[C@@H]([C@@H]5C[C@H]45)[C@H]3C2=O)ccc1OCc1ccc(Br)cc1. The van der Waals surface area contributed by atoms with Gasteiger partial charge < -0.3 is 9.47 Å². The van der Waals surface area contributed by atoms with Crippen molar-refractivity contribution in [1.29, 1.82) is 0 Å². The number of ether oxygens (including phenoxy) is 2. The molecule has 6 atom stereocenters. The van der Waals surface area contributed by atoms with Crippen LogP contribution in [0.5, 0.6) is 11.5 Å². The number of allylic oxidation sites excluding steroid dienone is 2. The standard InChI is InChI=1S/C27H25BrN2O4/c1-2-33-23-11-16(5-10-22(23)34-14-15-3-6-17(28)7-4-15)13-29-30-26(31)24-18-8-9-19(21-12-20(18)21)25(24)27(30)32/h3-11,13,18-21,24-25H,2,12,14H2,1H3/b29-13-/t18-,19-,20-,21+,24+,25+/m0/s1. The number of rotatable bonds is 7. The summed E-state index contributed by atoms with van der Waals surface area (Å²) in [6.07, 6.45) is 7.04. The van der Waals surface area contributed by atoms with Crippen molar-refractivity contribution in [3.05, 3.63) is 70.2 Å². The largest absolute Gasteiger partial charge is 0.490 e. The Kier molecular flexibility index (Phi) is 5.32. The first-order chi connectivity index (χ1) is 16.5. The molecule has 7 heteroatoms. The molecule has 174 valence electrons. The van der Waals surface area contributed by atoms with Gasteiger partial charge in [-0.3, -0.25) is 9.59 Å². The number of carbonyl (C=O) groups is 2. The van der Waals surface area contributed by atoms with Crippen molar-refractivity contribution in [1.82, 2.24) is 5.01 Å². The van der Waals surface area contributed by atoms with Gasteiger partial charge in [-0.1, -0.05) is 40.2 Å². The smallest absolute Gasteiger partial charge is 0.254 e. The van der Waals surface area contributed by atoms with Crippen LogP contribution in [0, 0.1) is 35.5 Å². The molecule has 0 spiro atoms. The summed E-state index contributed by atoms with van der Waals surface area (Å²) in [6, 6.07) is 13.4. The predicted molar refractivity (Wildman–Crippen MR) is 130 cm³/mol. The van der Waals surface area contributed by atoms with Gasteiger partial charge in [0.05, 0.1) is 24.7 Å². The van der Waals surface area contributed by atoms with Crippen LogP contribution in [0.15, 0.2) is 64.2 Å². The van der Waals surface area contributed by atoms with Gasteiger partial charge in [-0.25, -0.2) is 0 Å². The first-order valence-corrected chi connectivity index (χ1v) is 12.6. The van der Waals surface area contributed by atoms with E-state index in [0.717, 1.165) is 27.0 Å². The number of benzene rings is 2. The molecular weight excluding hydrogens is 496 g/mol. The maximum Gasteiger partial charge on any atom is 0.254 e. The first-order valence-electron chi connectivity index (χ1n) is 11.8. The van der Waals surface area contributed by atoms with Crippen molar-refractivity contribution < 1.29 is 19.1 Å². The lowest BCUT2D eigenvalue weighted by Gasteiger charge is -2.37. The third-order valence-electron chi connectivity index (χ3n) is 7.54. The van der Waals surface area contributed by atoms with Crippen LogP contribution in [0.25, 0.3) is 0 Å². The molecule has 2 bridgehead atoms. The topological polar surface area (TPSA) is 68.2 Å². The van der Waals surface area contributed by atoms with E-state index in [1.165, 1.54) is 0 Å². The normalized spacial score (nSPS) is 30.6. The van der Waals surface area contributed by atoms with Gasteiger partial charge in [0.25, 0.3) is 11.8 Å². The van der Waals surface area contributed by atoms with E-state index in [9.17, 15) is 9.59 Å². The molecule has 2 aromatic rings. The van der Waals surface area contributed by atoms with Crippen LogP contribution in [0.4, 0.5) is 0 Å². The lowest BCUT2D eigenvalue weighted by atomic mass is 9.63. The van der Waals surface area contributed by atoms with E-state index in [4.69, 9.17) is 9.47 Å². The minimum absolute atomic E-state index is 0.157. The number of hydrogen-bond acceptors (Lipinski definition) is 5. The quantitative estimate of drug-likeness (QED) is 0.298. The maximum atomic E-state index is 13.1. The molecule has 34 heavy (non-hydrogen) atoms. The van der Waals surface area contributed by atoms with E-state index in [1.807, 2.05) is 49.4 Å². The average Bonchev–Trinajstić information content (AvgIpc) is 3.63. The summed E-state index contributed by atoms with van der Waals surface area (Å²) in [7, 11) is 0. The summed E-state index contributed by atoms with van der Waals surface area (Å²) in [4.78, 5) is 26.2. The highest BCUT2D eigenvalue weighted by Gasteiger charge is 2.67. The molecule has 0 unspecified atom stereocenters. The van der Waals surface area contributed by atoms with Gasteiger partial charge in [-0.15, -0.1) is 0 Å². The Morgan fingerprint density at radius 2 is 1.65 bits per heavy atom. The Morgan fingerprint density at radius 1 is 0.971 bits per heavy atom. The number of carbonyl (C=O) groups excluding carboxylic acids is 2. The Hall–Kier alpha value is -2.93. The third-order valence-corrected chi connectivity index (χ3v) is 8.07. The zero-order valence-corrected chi connectivity index (χ0v) is 20.4. The van der Waals surface area contributed by atoms with E-state index in [2.05, 4.69) is 33.2 Å². The molecule has 0 radical (unpaired) electrons. The Labute approximate surface area is 206 Å². The average molecular weight is 521 g/mol. The van der Waals surface area contributed by atoms with Gasteiger partial charge in [0.1, 0.15) is 6.61 Å². The van der Waals surface area contributed by atoms with Gasteiger partial charge >= 0.3 is 0 Å². The van der Waals surface area contributed by atoms with E-state index in [0.29, 0.717) is 36.5 Å². The van der Waals surface area contributed by atoms with Gasteiger partial charge in [-0.2, -0.15) is 10.1 Å². The van der Waals surface area contributed by atoms with Crippen LogP contribution in [-0.4, -0.2) is 29.6 Å². The fraction of sp³-hybridized carbons (Fsp3) is 0.370. The second-order valence-corrected chi connectivity index (χ2v) is 10.4. The zero-order valence-electron chi connectivity index (χ0n) is 18.8. The fourth-order valence-electron chi connectivity index (χ4n) is 5.91. The predicted octanol–water partition coefficient (Wildman–Crippen LogP) is 4.81. The number of hydrogen-bond donors (Lipinski definition) is 0. The second-order valence-electron chi connectivity index (χ2n) is 9.44. The maximum absolute atomic E-state index is 13.1. The summed E-state index contributed by atoms with van der Waals surface area (Å²) < 4.78 is 12.8. The second kappa shape index (κ2) is 8.38. The molecule has 0 aromatic heterocycles. The van der Waals surface area contributed by atoms with E-state index in [1.54, 1.807) is 6.21 Å². The molecular formula is C27H25BrN2O4. The molecule has 1 saturated heterocycles. The highest BCUT2D eigenvalue weighted by atomic mass is 79.9. The molecule has 5 aliphatic rings. The first kappa shape index (κ1) is 21.6. The Balaban J connectivity index is 1.18. The van der Waals surface area contributed by atoms with Crippen molar-refractivity contribution in [2.45, 2.75) is 20.0 Å². The van der Waals surface area contributed by atoms with Gasteiger partial charge in [-0.05, 0) is 78.5 Å². The summed E-state index contributed by atoms with van der Waals surface area (Å²) in [5.74, 6) is 1.99. The van der Waals surface area contributed by atoms with Crippen molar-refractivity contribution in [2.75, 3.05) is 6.61 Å². The molecule has 2 saturated carbocycles.